The molecule has 1 unspecified atom stereocenters. The number of anilines is 1. The highest BCUT2D eigenvalue weighted by molar-refractivity contribution is 7.56. The molecule has 0 spiro atoms. The van der Waals surface area contributed by atoms with Crippen molar-refractivity contribution in [1.82, 2.24) is 24.2 Å². The number of rotatable bonds is 7. The Morgan fingerprint density at radius 3 is 3.04 bits per heavy atom. The van der Waals surface area contributed by atoms with E-state index < -0.39 is 19.5 Å². The number of aromatic nitrogens is 4. The Kier molecular flexibility index (Phi) is 6.05. The summed E-state index contributed by atoms with van der Waals surface area (Å²) in [7, 11) is -1.97. The molecule has 0 saturated carbocycles. The Morgan fingerprint density at radius 1 is 1.44 bits per heavy atom. The highest BCUT2D eigenvalue weighted by Crippen LogP contribution is 2.54. The van der Waals surface area contributed by atoms with Crippen LogP contribution in [-0.2, 0) is 29.9 Å². The van der Waals surface area contributed by atoms with Gasteiger partial charge in [0.15, 0.2) is 11.5 Å². The van der Waals surface area contributed by atoms with Gasteiger partial charge in [0.1, 0.15) is 24.2 Å². The lowest BCUT2D eigenvalue weighted by atomic mass is 10.3. The van der Waals surface area contributed by atoms with Gasteiger partial charge < -0.3 is 24.3 Å². The molecule has 0 bridgehead atoms. The number of carbonyl (C=O) groups excluding carboxylic acids is 1. The average Bonchev–Trinajstić information content (AvgIpc) is 3.09. The van der Waals surface area contributed by atoms with Crippen molar-refractivity contribution in [3.63, 3.8) is 0 Å². The molecule has 11 nitrogen and oxygen atoms in total. The number of hydrogen-bond acceptors (Lipinski definition) is 9. The van der Waals surface area contributed by atoms with Crippen molar-refractivity contribution in [2.45, 2.75) is 25.9 Å². The van der Waals surface area contributed by atoms with Crippen molar-refractivity contribution in [1.29, 1.82) is 0 Å². The zero-order valence-corrected chi connectivity index (χ0v) is 16.2. The zero-order valence-electron chi connectivity index (χ0n) is 15.3. The highest BCUT2D eigenvalue weighted by atomic mass is 31.2. The number of ether oxygens (including phenoxy) is 2. The highest BCUT2D eigenvalue weighted by Gasteiger charge is 2.41. The summed E-state index contributed by atoms with van der Waals surface area (Å²) in [6, 6.07) is -0.665. The molecule has 12 heteroatoms. The molecule has 2 atom stereocenters. The summed E-state index contributed by atoms with van der Waals surface area (Å²) in [4.78, 5) is 24.1. The van der Waals surface area contributed by atoms with Crippen LogP contribution in [0.5, 0.6) is 0 Å². The number of carbonyl (C=O) groups is 1. The van der Waals surface area contributed by atoms with Crippen LogP contribution < -0.4 is 5.73 Å². The molecule has 0 radical (unpaired) electrons. The first-order chi connectivity index (χ1) is 13.0. The van der Waals surface area contributed by atoms with Gasteiger partial charge in [-0.2, -0.15) is 0 Å². The number of nitrogens with two attached hydrogens (primary N) is 1. The van der Waals surface area contributed by atoms with Crippen molar-refractivity contribution in [3.05, 3.63) is 12.7 Å². The van der Waals surface area contributed by atoms with E-state index >= 15 is 0 Å². The van der Waals surface area contributed by atoms with E-state index in [1.165, 1.54) is 13.4 Å². The molecule has 3 heterocycles. The summed E-state index contributed by atoms with van der Waals surface area (Å²) in [6.07, 6.45) is 3.55. The van der Waals surface area contributed by atoms with Crippen LogP contribution in [0.1, 0.15) is 13.3 Å². The maximum Gasteiger partial charge on any atom is 0.323 e. The summed E-state index contributed by atoms with van der Waals surface area (Å²) in [5.74, 6) is -0.143. The first-order valence-electron chi connectivity index (χ1n) is 8.54. The molecule has 2 aromatic rings. The van der Waals surface area contributed by atoms with Gasteiger partial charge in [0, 0.05) is 13.1 Å². The van der Waals surface area contributed by atoms with Crippen LogP contribution in [0.2, 0.25) is 0 Å². The predicted molar refractivity (Wildman–Crippen MR) is 96.9 cm³/mol. The van der Waals surface area contributed by atoms with Gasteiger partial charge in [0.05, 0.1) is 26.7 Å². The predicted octanol–water partition coefficient (Wildman–Crippen LogP) is 0.859. The molecule has 1 saturated heterocycles. The number of fused-ring (bicyclic) bond motifs is 1. The van der Waals surface area contributed by atoms with Crippen molar-refractivity contribution in [2.75, 3.05) is 38.9 Å². The number of nitrogens with zero attached hydrogens (tertiary/aromatic N) is 5. The van der Waals surface area contributed by atoms with Gasteiger partial charge in [-0.05, 0) is 13.3 Å². The molecule has 2 aromatic heterocycles. The monoisotopic (exact) mass is 398 g/mol. The Hall–Kier alpha value is -2.07. The van der Waals surface area contributed by atoms with Gasteiger partial charge in [-0.15, -0.1) is 0 Å². The Morgan fingerprint density at radius 2 is 2.26 bits per heavy atom. The Labute approximate surface area is 156 Å². The largest absolute Gasteiger partial charge is 0.468 e. The lowest BCUT2D eigenvalue weighted by Crippen LogP contribution is -2.42. The fraction of sp³-hybridized carbons (Fsp3) is 0.600. The minimum Gasteiger partial charge on any atom is -0.468 e. The van der Waals surface area contributed by atoms with Gasteiger partial charge in [-0.1, -0.05) is 0 Å². The summed E-state index contributed by atoms with van der Waals surface area (Å²) >= 11 is 0. The second-order valence-corrected chi connectivity index (χ2v) is 8.40. The van der Waals surface area contributed by atoms with Crippen LogP contribution in [0.25, 0.3) is 11.2 Å². The molecule has 3 rings (SSSR count). The fourth-order valence-electron chi connectivity index (χ4n) is 2.93. The van der Waals surface area contributed by atoms with E-state index in [0.29, 0.717) is 43.1 Å². The average molecular weight is 398 g/mol. The topological polar surface area (TPSA) is 135 Å². The summed E-state index contributed by atoms with van der Waals surface area (Å²) in [6.45, 7) is 3.21. The van der Waals surface area contributed by atoms with Gasteiger partial charge in [0.2, 0.25) is 0 Å². The van der Waals surface area contributed by atoms with Gasteiger partial charge >= 0.3 is 5.97 Å². The minimum atomic E-state index is -3.27. The summed E-state index contributed by atoms with van der Waals surface area (Å²) < 4.78 is 32.4. The van der Waals surface area contributed by atoms with E-state index in [1.807, 2.05) is 0 Å². The molecule has 0 amide bonds. The quantitative estimate of drug-likeness (QED) is 0.406. The number of esters is 1. The second-order valence-electron chi connectivity index (χ2n) is 6.09. The van der Waals surface area contributed by atoms with E-state index in [4.69, 9.17) is 19.7 Å². The van der Waals surface area contributed by atoms with E-state index in [2.05, 4.69) is 15.0 Å². The molecular weight excluding hydrogens is 375 g/mol. The maximum atomic E-state index is 13.2. The molecule has 1 fully saturated rings. The second kappa shape index (κ2) is 8.30. The van der Waals surface area contributed by atoms with E-state index in [-0.39, 0.29) is 13.0 Å². The molecule has 1 aliphatic rings. The van der Waals surface area contributed by atoms with Gasteiger partial charge in [-0.3, -0.25) is 9.36 Å². The van der Waals surface area contributed by atoms with Crippen LogP contribution in [-0.4, -0.2) is 69.4 Å². The smallest absolute Gasteiger partial charge is 0.323 e. The molecule has 1 aliphatic heterocycles. The molecule has 27 heavy (non-hydrogen) atoms. The molecule has 0 aromatic carbocycles. The van der Waals surface area contributed by atoms with Crippen LogP contribution in [0.3, 0.4) is 0 Å². The van der Waals surface area contributed by atoms with E-state index in [0.717, 1.165) is 0 Å². The minimum absolute atomic E-state index is 0.113. The van der Waals surface area contributed by atoms with Crippen molar-refractivity contribution >= 4 is 30.5 Å². The maximum absolute atomic E-state index is 13.2. The van der Waals surface area contributed by atoms with Crippen molar-refractivity contribution < 1.29 is 23.4 Å². The van der Waals surface area contributed by atoms with E-state index in [1.54, 1.807) is 22.5 Å². The van der Waals surface area contributed by atoms with Gasteiger partial charge in [0.25, 0.3) is 7.52 Å². The zero-order chi connectivity index (χ0) is 19.4. The number of imidazole rings is 1. The summed E-state index contributed by atoms with van der Waals surface area (Å²) in [5.41, 5.74) is 6.89. The normalized spacial score (nSPS) is 22.0. The third kappa shape index (κ3) is 4.11. The SMILES string of the molecule is COC(=O)[C@H](C)N1CCCOP1(=O)COCCn1cnc2c(N)ncnc21. The Bertz CT molecular complexity index is 858. The molecule has 0 aliphatic carbocycles. The number of nitrogen functional groups attached to an aromatic ring is 1. The number of hydrogen-bond donors (Lipinski definition) is 1. The molecule has 2 N–H and O–H groups in total. The van der Waals surface area contributed by atoms with Crippen LogP contribution in [0.15, 0.2) is 12.7 Å². The standard InChI is InChI=1S/C15H23N6O5P/c1-11(15(22)24-2)21-4-3-6-26-27(21,23)10-25-7-5-20-9-19-12-13(16)17-8-18-14(12)20/h8-9,11H,3-7,10H2,1-2H3,(H2,16,17,18)/t11-,27?/m0/s1. The summed E-state index contributed by atoms with van der Waals surface area (Å²) in [5, 5.41) is 0. The first-order valence-corrected chi connectivity index (χ1v) is 10.3. The van der Waals surface area contributed by atoms with Crippen LogP contribution in [0.4, 0.5) is 5.82 Å². The first kappa shape index (κ1) is 19.7. The van der Waals surface area contributed by atoms with Crippen molar-refractivity contribution in [2.24, 2.45) is 0 Å². The molecule has 148 valence electrons. The lowest BCUT2D eigenvalue weighted by Gasteiger charge is -2.37. The van der Waals surface area contributed by atoms with Crippen LogP contribution in [0, 0.1) is 0 Å². The lowest BCUT2D eigenvalue weighted by molar-refractivity contribution is -0.145. The molecular formula is C15H23N6O5P. The van der Waals surface area contributed by atoms with Gasteiger partial charge in [-0.25, -0.2) is 19.6 Å². The fourth-order valence-corrected chi connectivity index (χ4v) is 5.14. The van der Waals surface area contributed by atoms with Crippen LogP contribution >= 0.6 is 7.52 Å². The number of methoxy groups -OCH3 is 1. The third-order valence-corrected chi connectivity index (χ3v) is 6.79. The Balaban J connectivity index is 1.60. The third-order valence-electron chi connectivity index (χ3n) is 4.37. The van der Waals surface area contributed by atoms with Crippen molar-refractivity contribution in [3.8, 4) is 0 Å². The van der Waals surface area contributed by atoms with E-state index in [9.17, 15) is 9.36 Å².